The van der Waals surface area contributed by atoms with Gasteiger partial charge < -0.3 is 4.42 Å². The molecule has 9 rings (SSSR count). The van der Waals surface area contributed by atoms with Crippen LogP contribution >= 0.6 is 0 Å². The highest BCUT2D eigenvalue weighted by molar-refractivity contribution is 6.18. The van der Waals surface area contributed by atoms with E-state index in [1.807, 2.05) is 24.3 Å². The molecule has 0 saturated heterocycles. The molecule has 0 saturated carbocycles. The average Bonchev–Trinajstić information content (AvgIpc) is 3.50. The van der Waals surface area contributed by atoms with Crippen LogP contribution in [0.4, 0.5) is 0 Å². The second-order valence-corrected chi connectivity index (χ2v) is 11.4. The zero-order valence-corrected chi connectivity index (χ0v) is 24.3. The number of rotatable bonds is 4. The Morgan fingerprint density at radius 1 is 0.422 bits per heavy atom. The van der Waals surface area contributed by atoms with Crippen molar-refractivity contribution in [2.45, 2.75) is 0 Å². The molecule has 7 aromatic carbocycles. The zero-order valence-electron chi connectivity index (χ0n) is 24.3. The third-order valence-electron chi connectivity index (χ3n) is 8.69. The van der Waals surface area contributed by atoms with Crippen LogP contribution < -0.4 is 0 Å². The van der Waals surface area contributed by atoms with Crippen molar-refractivity contribution in [3.05, 3.63) is 158 Å². The molecule has 9 aromatic rings. The molecule has 0 aliphatic rings. The Hall–Kier alpha value is -6.06. The summed E-state index contributed by atoms with van der Waals surface area (Å²) in [5, 5.41) is 5.35. The highest BCUT2D eigenvalue weighted by atomic mass is 16.3. The molecule has 0 unspecified atom stereocenters. The highest BCUT2D eigenvalue weighted by Gasteiger charge is 2.18. The summed E-state index contributed by atoms with van der Waals surface area (Å²) in [5.41, 5.74) is 10.3. The van der Waals surface area contributed by atoms with Crippen molar-refractivity contribution >= 4 is 43.6 Å². The fraction of sp³-hybridized carbons (Fsp3) is 0. The van der Waals surface area contributed by atoms with Gasteiger partial charge in [-0.3, -0.25) is 0 Å². The first-order chi connectivity index (χ1) is 22.3. The fourth-order valence-electron chi connectivity index (χ4n) is 6.49. The lowest BCUT2D eigenvalue weighted by molar-refractivity contribution is 0.673. The van der Waals surface area contributed by atoms with E-state index in [1.54, 1.807) is 0 Å². The van der Waals surface area contributed by atoms with E-state index < -0.39 is 0 Å². The van der Waals surface area contributed by atoms with Gasteiger partial charge in [-0.15, -0.1) is 0 Å². The number of fused-ring (bicyclic) bond motifs is 6. The maximum absolute atomic E-state index is 6.48. The minimum absolute atomic E-state index is 0.680. The summed E-state index contributed by atoms with van der Waals surface area (Å²) < 4.78 is 6.48. The summed E-state index contributed by atoms with van der Waals surface area (Å²) in [4.78, 5) is 10.4. The van der Waals surface area contributed by atoms with Crippen LogP contribution in [0.1, 0.15) is 0 Å². The molecule has 45 heavy (non-hydrogen) atoms. The number of furan rings is 1. The molecular formula is C42H26N2O. The van der Waals surface area contributed by atoms with Gasteiger partial charge >= 0.3 is 0 Å². The summed E-state index contributed by atoms with van der Waals surface area (Å²) in [6.07, 6.45) is 0. The number of nitrogens with zero attached hydrogens (tertiary/aromatic N) is 2. The maximum atomic E-state index is 6.48. The Morgan fingerprint density at radius 3 is 1.96 bits per heavy atom. The van der Waals surface area contributed by atoms with Gasteiger partial charge in [-0.1, -0.05) is 133 Å². The number of hydrogen-bond donors (Lipinski definition) is 0. The van der Waals surface area contributed by atoms with Crippen molar-refractivity contribution in [1.82, 2.24) is 9.97 Å². The number of benzene rings is 7. The van der Waals surface area contributed by atoms with Crippen molar-refractivity contribution in [3.8, 4) is 44.9 Å². The summed E-state index contributed by atoms with van der Waals surface area (Å²) in [5.74, 6) is 0.680. The van der Waals surface area contributed by atoms with Crippen molar-refractivity contribution in [2.75, 3.05) is 0 Å². The lowest BCUT2D eigenvalue weighted by atomic mass is 9.97. The van der Waals surface area contributed by atoms with E-state index in [0.29, 0.717) is 5.82 Å². The van der Waals surface area contributed by atoms with Crippen molar-refractivity contribution in [3.63, 3.8) is 0 Å². The zero-order chi connectivity index (χ0) is 29.7. The second-order valence-electron chi connectivity index (χ2n) is 11.4. The Kier molecular flexibility index (Phi) is 5.82. The third kappa shape index (κ3) is 4.29. The Balaban J connectivity index is 1.21. The van der Waals surface area contributed by atoms with Gasteiger partial charge in [0.2, 0.25) is 0 Å². The molecule has 0 atom stereocenters. The molecule has 0 radical (unpaired) electrons. The van der Waals surface area contributed by atoms with Gasteiger partial charge in [0.05, 0.1) is 11.2 Å². The molecule has 0 N–H and O–H groups in total. The van der Waals surface area contributed by atoms with Crippen LogP contribution in [0.15, 0.2) is 162 Å². The predicted molar refractivity (Wildman–Crippen MR) is 186 cm³/mol. The first-order valence-corrected chi connectivity index (χ1v) is 15.2. The van der Waals surface area contributed by atoms with Gasteiger partial charge in [0.25, 0.3) is 0 Å². The molecular weight excluding hydrogens is 548 g/mol. The molecule has 2 aromatic heterocycles. The summed E-state index contributed by atoms with van der Waals surface area (Å²) >= 11 is 0. The minimum Gasteiger partial charge on any atom is -0.455 e. The van der Waals surface area contributed by atoms with Gasteiger partial charge in [0, 0.05) is 32.7 Å². The molecule has 0 spiro atoms. The highest BCUT2D eigenvalue weighted by Crippen LogP contribution is 2.39. The Bertz CT molecular complexity index is 2530. The van der Waals surface area contributed by atoms with Crippen LogP contribution in [0.5, 0.6) is 0 Å². The summed E-state index contributed by atoms with van der Waals surface area (Å²) in [7, 11) is 0. The van der Waals surface area contributed by atoms with Crippen LogP contribution in [0.25, 0.3) is 88.5 Å². The van der Waals surface area contributed by atoms with E-state index in [4.69, 9.17) is 14.4 Å². The molecule has 0 aliphatic heterocycles. The lowest BCUT2D eigenvalue weighted by Gasteiger charge is -2.12. The second kappa shape index (κ2) is 10.3. The van der Waals surface area contributed by atoms with E-state index in [-0.39, 0.29) is 0 Å². The van der Waals surface area contributed by atoms with E-state index in [0.717, 1.165) is 71.6 Å². The molecule has 0 amide bonds. The van der Waals surface area contributed by atoms with E-state index in [9.17, 15) is 0 Å². The molecule has 0 fully saturated rings. The normalized spacial score (nSPS) is 11.6. The van der Waals surface area contributed by atoms with Crippen molar-refractivity contribution < 1.29 is 4.42 Å². The van der Waals surface area contributed by atoms with Crippen molar-refractivity contribution in [2.24, 2.45) is 0 Å². The molecule has 210 valence electrons. The first kappa shape index (κ1) is 25.4. The number of para-hydroxylation sites is 2. The largest absolute Gasteiger partial charge is 0.455 e. The summed E-state index contributed by atoms with van der Waals surface area (Å²) in [6.45, 7) is 0. The van der Waals surface area contributed by atoms with Gasteiger partial charge in [0.1, 0.15) is 11.2 Å². The average molecular weight is 575 g/mol. The van der Waals surface area contributed by atoms with Crippen LogP contribution in [-0.2, 0) is 0 Å². The van der Waals surface area contributed by atoms with Gasteiger partial charge in [0.15, 0.2) is 5.82 Å². The van der Waals surface area contributed by atoms with Gasteiger partial charge in [-0.05, 0) is 51.9 Å². The minimum atomic E-state index is 0.680. The van der Waals surface area contributed by atoms with Crippen LogP contribution in [0.2, 0.25) is 0 Å². The number of aromatic nitrogens is 2. The predicted octanol–water partition coefficient (Wildman–Crippen LogP) is 11.4. The lowest BCUT2D eigenvalue weighted by Crippen LogP contribution is -1.96. The van der Waals surface area contributed by atoms with E-state index in [1.165, 1.54) is 11.1 Å². The number of hydrogen-bond acceptors (Lipinski definition) is 3. The van der Waals surface area contributed by atoms with Crippen LogP contribution in [-0.4, -0.2) is 9.97 Å². The van der Waals surface area contributed by atoms with Crippen LogP contribution in [0.3, 0.4) is 0 Å². The molecule has 3 nitrogen and oxygen atoms in total. The molecule has 0 bridgehead atoms. The topological polar surface area (TPSA) is 38.9 Å². The SMILES string of the molecule is c1ccc(-c2ccc(-c3cccc(-c4nc(-c5cccc6ccc7c8ccccc8oc7c56)nc5ccccc45)c3)cc2)cc1. The van der Waals surface area contributed by atoms with Crippen LogP contribution in [0, 0.1) is 0 Å². The molecule has 0 aliphatic carbocycles. The fourth-order valence-corrected chi connectivity index (χ4v) is 6.49. The maximum Gasteiger partial charge on any atom is 0.161 e. The quantitative estimate of drug-likeness (QED) is 0.210. The molecule has 3 heteroatoms. The van der Waals surface area contributed by atoms with E-state index in [2.05, 4.69) is 133 Å². The smallest absolute Gasteiger partial charge is 0.161 e. The summed E-state index contributed by atoms with van der Waals surface area (Å²) in [6, 6.07) is 55.0. The monoisotopic (exact) mass is 574 g/mol. The Labute approximate surface area is 260 Å². The molecule has 2 heterocycles. The van der Waals surface area contributed by atoms with Gasteiger partial charge in [-0.25, -0.2) is 9.97 Å². The Morgan fingerprint density at radius 2 is 1.09 bits per heavy atom. The third-order valence-corrected chi connectivity index (χ3v) is 8.69. The van der Waals surface area contributed by atoms with Gasteiger partial charge in [-0.2, -0.15) is 0 Å². The standard InChI is InChI=1S/C42H26N2O/c1-2-10-27(11-3-1)28-20-22-29(23-21-28)31-13-8-14-32(26-31)40-35-16-4-6-18-37(35)43-42(44-40)36-17-9-12-30-24-25-34-33-15-5-7-19-38(33)45-41(34)39(30)36/h1-26H. The van der Waals surface area contributed by atoms with E-state index >= 15 is 0 Å². The first-order valence-electron chi connectivity index (χ1n) is 15.2. The van der Waals surface area contributed by atoms with Crippen molar-refractivity contribution in [1.29, 1.82) is 0 Å².